The summed E-state index contributed by atoms with van der Waals surface area (Å²) in [6, 6.07) is 60.9. The fourth-order valence-electron chi connectivity index (χ4n) is 9.38. The third-order valence-corrected chi connectivity index (χ3v) is 13.3. The van der Waals surface area contributed by atoms with Crippen molar-refractivity contribution < 1.29 is 24.1 Å². The van der Waals surface area contributed by atoms with Gasteiger partial charge in [-0.25, -0.2) is 0 Å². The Balaban J connectivity index is 1.06. The minimum absolute atomic E-state index is 0.00657. The average Bonchev–Trinajstić information content (AvgIpc) is 3.98. The molecular weight excluding hydrogens is 928 g/mol. The van der Waals surface area contributed by atoms with E-state index in [0.29, 0.717) is 0 Å². The Labute approximate surface area is 366 Å². The molecule has 300 valence electrons. The Hall–Kier alpha value is -6.55. The third kappa shape index (κ3) is 6.42. The average molecular weight is 972 g/mol. The number of hydrogen-bond donors (Lipinski definition) is 0. The van der Waals surface area contributed by atoms with Gasteiger partial charge in [0.2, 0.25) is 0 Å². The summed E-state index contributed by atoms with van der Waals surface area (Å²) in [5, 5.41) is 2.35. The molecule has 10 aromatic rings. The van der Waals surface area contributed by atoms with E-state index in [-0.39, 0.29) is 5.41 Å². The number of aryl methyl sites for hydroxylation is 1. The van der Waals surface area contributed by atoms with Crippen molar-refractivity contribution in [2.75, 3.05) is 0 Å². The first kappa shape index (κ1) is 37.4. The summed E-state index contributed by atoms with van der Waals surface area (Å²) in [5.74, 6) is 2.43. The predicted molar refractivity (Wildman–Crippen MR) is 246 cm³/mol. The molecule has 0 bridgehead atoms. The first-order valence-corrected chi connectivity index (χ1v) is 22.2. The molecule has 1 aliphatic carbocycles. The molecule has 0 saturated carbocycles. The van der Waals surface area contributed by atoms with E-state index in [1.165, 1.54) is 56.4 Å². The van der Waals surface area contributed by atoms with Gasteiger partial charge in [-0.15, -0.1) is 0 Å². The molecule has 1 aliphatic rings. The van der Waals surface area contributed by atoms with Crippen LogP contribution >= 0.6 is 0 Å². The van der Waals surface area contributed by atoms with Crippen LogP contribution in [0.4, 0.5) is 0 Å². The number of pyridine rings is 1. The van der Waals surface area contributed by atoms with Crippen molar-refractivity contribution in [3.05, 3.63) is 197 Å². The summed E-state index contributed by atoms with van der Waals surface area (Å²) in [6.07, 6.45) is 5.26. The standard InChI is InChI=1S/C55H44N4O.Pt/c1-55(2,3)40-30-31-56-52(33-40)59-48-25-11-10-23-45(48)46-29-28-43(35-51(46)59)60-42-22-15-21-41(34-42)57-36-58(50-27-13-12-26-49(50)57)54-47(37-16-6-4-7-17-37)32-39-20-14-24-44(39)53(54)38-18-8-5-9-19-38;/h4-13,15-19,21-23,25-35H,14,20,24H2,1-3H3;. The molecule has 5 nitrogen and oxygen atoms in total. The Morgan fingerprint density at radius 2 is 1.23 bits per heavy atom. The molecule has 0 spiro atoms. The van der Waals surface area contributed by atoms with Crippen LogP contribution in [0.5, 0.6) is 11.5 Å². The summed E-state index contributed by atoms with van der Waals surface area (Å²) in [7, 11) is 0. The summed E-state index contributed by atoms with van der Waals surface area (Å²) >= 11 is 2.54. The van der Waals surface area contributed by atoms with Gasteiger partial charge < -0.3 is 0 Å². The Morgan fingerprint density at radius 1 is 0.557 bits per heavy atom. The van der Waals surface area contributed by atoms with Crippen LogP contribution in [0, 0.1) is 3.80 Å². The van der Waals surface area contributed by atoms with Gasteiger partial charge in [0.1, 0.15) is 0 Å². The van der Waals surface area contributed by atoms with Crippen LogP contribution in [0.2, 0.25) is 0 Å². The summed E-state index contributed by atoms with van der Waals surface area (Å²) in [4.78, 5) is 4.89. The fraction of sp³-hybridized carbons (Fsp3) is 0.127. The number of para-hydroxylation sites is 3. The number of nitrogens with zero attached hydrogens (tertiary/aromatic N) is 4. The van der Waals surface area contributed by atoms with Crippen LogP contribution < -0.4 is 4.74 Å². The van der Waals surface area contributed by atoms with Gasteiger partial charge in [0.25, 0.3) is 0 Å². The molecule has 0 atom stereocenters. The quantitative estimate of drug-likeness (QED) is 0.160. The number of imidazole rings is 1. The van der Waals surface area contributed by atoms with Crippen molar-refractivity contribution >= 4 is 32.8 Å². The zero-order valence-corrected chi connectivity index (χ0v) is 36.7. The Morgan fingerprint density at radius 3 is 2.00 bits per heavy atom. The molecule has 7 aromatic carbocycles. The second kappa shape index (κ2) is 14.9. The topological polar surface area (TPSA) is 36.9 Å². The number of aromatic nitrogens is 4. The molecule has 6 heteroatoms. The number of ether oxygens (including phenoxy) is 1. The minimum atomic E-state index is -0.00657. The van der Waals surface area contributed by atoms with Gasteiger partial charge >= 0.3 is 312 Å². The van der Waals surface area contributed by atoms with Gasteiger partial charge in [-0.3, -0.25) is 0 Å². The van der Waals surface area contributed by atoms with Gasteiger partial charge in [0, 0.05) is 6.20 Å². The molecule has 3 aromatic heterocycles. The zero-order valence-electron chi connectivity index (χ0n) is 34.4. The molecule has 11 rings (SSSR count). The first-order valence-electron chi connectivity index (χ1n) is 21.1. The maximum absolute atomic E-state index is 6.81. The summed E-state index contributed by atoms with van der Waals surface area (Å²) in [5.41, 5.74) is 15.9. The van der Waals surface area contributed by atoms with E-state index in [9.17, 15) is 0 Å². The van der Waals surface area contributed by atoms with E-state index in [2.05, 4.69) is 218 Å². The van der Waals surface area contributed by atoms with Crippen LogP contribution in [0.3, 0.4) is 0 Å². The molecule has 0 N–H and O–H groups in total. The van der Waals surface area contributed by atoms with Gasteiger partial charge in [-0.2, -0.15) is 0 Å². The van der Waals surface area contributed by atoms with Gasteiger partial charge in [0.15, 0.2) is 0 Å². The van der Waals surface area contributed by atoms with Crippen LogP contribution in [0.25, 0.3) is 72.3 Å². The van der Waals surface area contributed by atoms with E-state index < -0.39 is 0 Å². The van der Waals surface area contributed by atoms with Crippen molar-refractivity contribution in [3.63, 3.8) is 0 Å². The van der Waals surface area contributed by atoms with E-state index >= 15 is 0 Å². The van der Waals surface area contributed by atoms with Crippen LogP contribution in [-0.4, -0.2) is 18.7 Å². The van der Waals surface area contributed by atoms with Crippen molar-refractivity contribution in [1.29, 1.82) is 0 Å². The molecule has 61 heavy (non-hydrogen) atoms. The molecule has 0 aliphatic heterocycles. The van der Waals surface area contributed by atoms with Crippen molar-refractivity contribution in [2.45, 2.75) is 45.4 Å². The summed E-state index contributed by atoms with van der Waals surface area (Å²) in [6.45, 7) is 6.73. The zero-order chi connectivity index (χ0) is 41.2. The fourth-order valence-corrected chi connectivity index (χ4v) is 10.5. The SMILES string of the molecule is CC(C)(C)c1ccnc(-n2c3ccccc3c3ccc(Oc4cccc(-n5[c](=[Pt])n(-c6c(-c7ccccc7)cc7c(c6-c6ccccc6)CCC7)c6ccccc65)c4)cc32)c1. The van der Waals surface area contributed by atoms with Gasteiger partial charge in [-0.05, 0) is 17.0 Å². The van der Waals surface area contributed by atoms with Crippen LogP contribution in [0.1, 0.15) is 43.9 Å². The van der Waals surface area contributed by atoms with E-state index in [1.54, 1.807) is 0 Å². The van der Waals surface area contributed by atoms with Crippen molar-refractivity contribution in [2.24, 2.45) is 0 Å². The normalized spacial score (nSPS) is 12.7. The molecular formula is C55H44N4OPt. The molecule has 0 radical (unpaired) electrons. The monoisotopic (exact) mass is 971 g/mol. The number of fused-ring (bicyclic) bond motifs is 5. The van der Waals surface area contributed by atoms with Crippen LogP contribution in [-0.2, 0) is 37.6 Å². The molecule has 0 unspecified atom stereocenters. The van der Waals surface area contributed by atoms with Crippen LogP contribution in [0.15, 0.2) is 176 Å². The summed E-state index contributed by atoms with van der Waals surface area (Å²) < 4.78 is 15.0. The molecule has 0 saturated heterocycles. The number of rotatable bonds is 7. The predicted octanol–water partition coefficient (Wildman–Crippen LogP) is 13.9. The van der Waals surface area contributed by atoms with Crippen molar-refractivity contribution in [3.8, 4) is 50.9 Å². The molecule has 0 amide bonds. The first-order chi connectivity index (χ1) is 29.8. The molecule has 0 fully saturated rings. The second-order valence-corrected chi connectivity index (χ2v) is 18.1. The number of benzene rings is 7. The van der Waals surface area contributed by atoms with Gasteiger partial charge in [0.05, 0.1) is 0 Å². The Bertz CT molecular complexity index is 3370. The van der Waals surface area contributed by atoms with Gasteiger partial charge in [-0.1, -0.05) is 32.9 Å². The number of hydrogen-bond acceptors (Lipinski definition) is 2. The van der Waals surface area contributed by atoms with E-state index in [1.807, 2.05) is 12.3 Å². The second-order valence-electron chi connectivity index (χ2n) is 17.1. The van der Waals surface area contributed by atoms with E-state index in [0.717, 1.165) is 67.1 Å². The van der Waals surface area contributed by atoms with E-state index in [4.69, 9.17) is 9.72 Å². The maximum atomic E-state index is 6.81. The molecule has 3 heterocycles. The van der Waals surface area contributed by atoms with Crippen molar-refractivity contribution in [1.82, 2.24) is 18.7 Å². The third-order valence-electron chi connectivity index (χ3n) is 12.2. The Kier molecular flexibility index (Phi) is 9.13.